The molecule has 31 heavy (non-hydrogen) atoms. The van der Waals surface area contributed by atoms with Crippen LogP contribution in [0.25, 0.3) is 0 Å². The van der Waals surface area contributed by atoms with Crippen molar-refractivity contribution in [2.24, 2.45) is 17.6 Å². The van der Waals surface area contributed by atoms with E-state index in [0.717, 1.165) is 0 Å². The summed E-state index contributed by atoms with van der Waals surface area (Å²) in [5.74, 6) is -1.61. The number of carboxylic acid groups (broad SMARTS) is 1. The molecule has 1 heterocycles. The first-order chi connectivity index (χ1) is 14.5. The molecule has 0 aromatic heterocycles. The summed E-state index contributed by atoms with van der Waals surface area (Å²) in [5.41, 5.74) is 5.92. The van der Waals surface area contributed by atoms with Crippen LogP contribution < -0.4 is 16.4 Å². The Balaban J connectivity index is 2.98. The van der Waals surface area contributed by atoms with E-state index in [1.807, 2.05) is 34.0 Å². The number of aliphatic carboxylic acids is 1. The zero-order valence-electron chi connectivity index (χ0n) is 19.2. The first-order valence-electron chi connectivity index (χ1n) is 10.9. The molecular formula is C21H38N4O5S. The van der Waals surface area contributed by atoms with Gasteiger partial charge in [0.15, 0.2) is 0 Å². The van der Waals surface area contributed by atoms with Crippen LogP contribution in [0.2, 0.25) is 0 Å². The van der Waals surface area contributed by atoms with Crippen molar-refractivity contribution in [1.29, 1.82) is 0 Å². The normalized spacial score (nSPS) is 19.2. The summed E-state index contributed by atoms with van der Waals surface area (Å²) >= 11 is 1.54. The molecule has 10 heteroatoms. The number of hydrogen-bond donors (Lipinski definition) is 4. The maximum Gasteiger partial charge on any atom is 0.326 e. The van der Waals surface area contributed by atoms with E-state index < -0.39 is 42.0 Å². The number of nitrogens with zero attached hydrogens (tertiary/aromatic N) is 1. The topological polar surface area (TPSA) is 142 Å². The lowest BCUT2D eigenvalue weighted by atomic mass is 10.00. The number of carbonyl (C=O) groups excluding carboxylic acids is 3. The number of carboxylic acids is 1. The SMILES string of the molecule is CSCCC(NC(=O)C(CC(C)C)NC(=O)C(N)C(C)C)C(=O)N1CCCC1C(=O)O. The highest BCUT2D eigenvalue weighted by molar-refractivity contribution is 7.98. The van der Waals surface area contributed by atoms with Crippen LogP contribution in [0.3, 0.4) is 0 Å². The summed E-state index contributed by atoms with van der Waals surface area (Å²) < 4.78 is 0. The van der Waals surface area contributed by atoms with Crippen molar-refractivity contribution in [1.82, 2.24) is 15.5 Å². The van der Waals surface area contributed by atoms with Gasteiger partial charge >= 0.3 is 5.97 Å². The Labute approximate surface area is 189 Å². The van der Waals surface area contributed by atoms with Gasteiger partial charge < -0.3 is 26.4 Å². The Morgan fingerprint density at radius 3 is 2.23 bits per heavy atom. The number of rotatable bonds is 12. The summed E-state index contributed by atoms with van der Waals surface area (Å²) in [6, 6.07) is -3.27. The first kappa shape index (κ1) is 27.2. The molecule has 178 valence electrons. The largest absolute Gasteiger partial charge is 0.480 e. The number of likely N-dealkylation sites (tertiary alicyclic amines) is 1. The molecule has 1 saturated heterocycles. The maximum atomic E-state index is 13.1. The molecule has 4 atom stereocenters. The minimum Gasteiger partial charge on any atom is -0.480 e. The van der Waals surface area contributed by atoms with E-state index in [-0.39, 0.29) is 17.7 Å². The van der Waals surface area contributed by atoms with Crippen LogP contribution in [0.15, 0.2) is 0 Å². The van der Waals surface area contributed by atoms with Gasteiger partial charge in [-0.25, -0.2) is 4.79 Å². The minimum atomic E-state index is -1.03. The van der Waals surface area contributed by atoms with Gasteiger partial charge in [0.25, 0.3) is 0 Å². The molecule has 1 fully saturated rings. The highest BCUT2D eigenvalue weighted by Crippen LogP contribution is 2.20. The van der Waals surface area contributed by atoms with E-state index >= 15 is 0 Å². The van der Waals surface area contributed by atoms with Crippen molar-refractivity contribution in [2.45, 2.75) is 77.5 Å². The summed E-state index contributed by atoms with van der Waals surface area (Å²) in [5, 5.41) is 14.9. The van der Waals surface area contributed by atoms with Crippen LogP contribution in [-0.2, 0) is 19.2 Å². The fourth-order valence-corrected chi connectivity index (χ4v) is 4.00. The Morgan fingerprint density at radius 1 is 1.10 bits per heavy atom. The standard InChI is InChI=1S/C21H38N4O5S/c1-12(2)11-15(24-19(27)17(22)13(3)4)18(26)23-14(8-10-31-5)20(28)25-9-6-7-16(25)21(29)30/h12-17H,6-11,22H2,1-5H3,(H,23,26)(H,24,27)(H,29,30). The number of nitrogens with one attached hydrogen (secondary N) is 2. The lowest BCUT2D eigenvalue weighted by Crippen LogP contribution is -2.57. The third-order valence-electron chi connectivity index (χ3n) is 5.41. The van der Waals surface area contributed by atoms with Crippen molar-refractivity contribution in [3.8, 4) is 0 Å². The maximum absolute atomic E-state index is 13.1. The molecule has 9 nitrogen and oxygen atoms in total. The van der Waals surface area contributed by atoms with Gasteiger partial charge in [0.2, 0.25) is 17.7 Å². The van der Waals surface area contributed by atoms with Crippen molar-refractivity contribution in [3.05, 3.63) is 0 Å². The second kappa shape index (κ2) is 12.9. The minimum absolute atomic E-state index is 0.0817. The second-order valence-corrected chi connectivity index (χ2v) is 9.82. The third-order valence-corrected chi connectivity index (χ3v) is 6.05. The van der Waals surface area contributed by atoms with E-state index in [4.69, 9.17) is 5.73 Å². The van der Waals surface area contributed by atoms with E-state index in [2.05, 4.69) is 10.6 Å². The molecule has 1 rings (SSSR count). The van der Waals surface area contributed by atoms with Crippen molar-refractivity contribution in [2.75, 3.05) is 18.6 Å². The molecule has 0 aliphatic carbocycles. The molecule has 5 N–H and O–H groups in total. The molecule has 1 aliphatic heterocycles. The number of thioether (sulfide) groups is 1. The molecule has 0 aromatic rings. The van der Waals surface area contributed by atoms with Gasteiger partial charge in [-0.1, -0.05) is 27.7 Å². The second-order valence-electron chi connectivity index (χ2n) is 8.83. The van der Waals surface area contributed by atoms with Gasteiger partial charge in [-0.2, -0.15) is 11.8 Å². The van der Waals surface area contributed by atoms with Crippen molar-refractivity contribution in [3.63, 3.8) is 0 Å². The van der Waals surface area contributed by atoms with E-state index in [1.54, 1.807) is 0 Å². The smallest absolute Gasteiger partial charge is 0.326 e. The molecule has 0 bridgehead atoms. The Morgan fingerprint density at radius 2 is 1.71 bits per heavy atom. The number of carbonyl (C=O) groups is 4. The average molecular weight is 459 g/mol. The monoisotopic (exact) mass is 458 g/mol. The predicted octanol–water partition coefficient (Wildman–Crippen LogP) is 0.814. The van der Waals surface area contributed by atoms with Crippen LogP contribution >= 0.6 is 11.8 Å². The number of amides is 3. The van der Waals surface area contributed by atoms with Gasteiger partial charge in [-0.05, 0) is 49.5 Å². The van der Waals surface area contributed by atoms with Crippen LogP contribution in [-0.4, -0.2) is 76.4 Å². The van der Waals surface area contributed by atoms with Crippen LogP contribution in [0.1, 0.15) is 53.4 Å². The first-order valence-corrected chi connectivity index (χ1v) is 12.3. The Bertz CT molecular complexity index is 643. The molecule has 0 spiro atoms. The third kappa shape index (κ3) is 8.33. The van der Waals surface area contributed by atoms with Crippen molar-refractivity contribution >= 4 is 35.5 Å². The lowest BCUT2D eigenvalue weighted by molar-refractivity contribution is -0.149. The van der Waals surface area contributed by atoms with Gasteiger partial charge in [0, 0.05) is 6.54 Å². The van der Waals surface area contributed by atoms with Crippen molar-refractivity contribution < 1.29 is 24.3 Å². The van der Waals surface area contributed by atoms with E-state index in [9.17, 15) is 24.3 Å². The summed E-state index contributed by atoms with van der Waals surface area (Å²) in [4.78, 5) is 51.4. The fraction of sp³-hybridized carbons (Fsp3) is 0.810. The number of nitrogens with two attached hydrogens (primary N) is 1. The van der Waals surface area contributed by atoms with Gasteiger partial charge in [0.1, 0.15) is 18.1 Å². The van der Waals surface area contributed by atoms with Gasteiger partial charge in [0.05, 0.1) is 6.04 Å². The van der Waals surface area contributed by atoms with Gasteiger partial charge in [-0.3, -0.25) is 14.4 Å². The zero-order chi connectivity index (χ0) is 23.7. The van der Waals surface area contributed by atoms with E-state index in [0.29, 0.717) is 38.0 Å². The summed E-state index contributed by atoms with van der Waals surface area (Å²) in [6.07, 6.45) is 3.69. The highest BCUT2D eigenvalue weighted by Gasteiger charge is 2.38. The molecule has 0 aromatic carbocycles. The molecule has 0 saturated carbocycles. The Kier molecular flexibility index (Phi) is 11.3. The Hall–Kier alpha value is -1.81. The predicted molar refractivity (Wildman–Crippen MR) is 121 cm³/mol. The molecular weight excluding hydrogens is 420 g/mol. The molecule has 4 unspecified atom stereocenters. The number of hydrogen-bond acceptors (Lipinski definition) is 6. The zero-order valence-corrected chi connectivity index (χ0v) is 20.0. The quantitative estimate of drug-likeness (QED) is 0.339. The molecule has 0 radical (unpaired) electrons. The van der Waals surface area contributed by atoms with Crippen LogP contribution in [0, 0.1) is 11.8 Å². The molecule has 1 aliphatic rings. The van der Waals surface area contributed by atoms with Gasteiger partial charge in [-0.15, -0.1) is 0 Å². The average Bonchev–Trinajstić information content (AvgIpc) is 3.18. The summed E-state index contributed by atoms with van der Waals surface area (Å²) in [6.45, 7) is 7.89. The fourth-order valence-electron chi connectivity index (χ4n) is 3.53. The van der Waals surface area contributed by atoms with Crippen LogP contribution in [0.5, 0.6) is 0 Å². The van der Waals surface area contributed by atoms with Crippen LogP contribution in [0.4, 0.5) is 0 Å². The molecule has 3 amide bonds. The van der Waals surface area contributed by atoms with E-state index in [1.165, 1.54) is 16.7 Å². The highest BCUT2D eigenvalue weighted by atomic mass is 32.2. The lowest BCUT2D eigenvalue weighted by Gasteiger charge is -2.29. The summed E-state index contributed by atoms with van der Waals surface area (Å²) in [7, 11) is 0.